The first-order valence-electron chi connectivity index (χ1n) is 11.5. The third-order valence-corrected chi connectivity index (χ3v) is 6.31. The molecular weight excluding hydrogens is 426 g/mol. The first-order chi connectivity index (χ1) is 16.6. The van der Waals surface area contributed by atoms with Crippen LogP contribution in [0.4, 0.5) is 5.69 Å². The Hall–Kier alpha value is -4.06. The third-order valence-electron chi connectivity index (χ3n) is 6.31. The van der Waals surface area contributed by atoms with E-state index in [0.717, 1.165) is 42.4 Å². The normalized spacial score (nSPS) is 13.3. The second-order valence-corrected chi connectivity index (χ2v) is 8.56. The number of hydrogen-bond acceptors (Lipinski definition) is 3. The predicted molar refractivity (Wildman–Crippen MR) is 134 cm³/mol. The van der Waals surface area contributed by atoms with E-state index >= 15 is 0 Å². The first-order valence-corrected chi connectivity index (χ1v) is 11.5. The number of carbonyl (C=O) groups excluding carboxylic acids is 2. The van der Waals surface area contributed by atoms with E-state index in [9.17, 15) is 9.59 Å². The first kappa shape index (κ1) is 21.8. The largest absolute Gasteiger partial charge is 0.497 e. The van der Waals surface area contributed by atoms with Gasteiger partial charge < -0.3 is 19.5 Å². The average Bonchev–Trinajstić information content (AvgIpc) is 3.53. The van der Waals surface area contributed by atoms with Gasteiger partial charge in [0, 0.05) is 41.8 Å². The van der Waals surface area contributed by atoms with Crippen molar-refractivity contribution in [3.63, 3.8) is 0 Å². The van der Waals surface area contributed by atoms with Crippen molar-refractivity contribution in [1.29, 1.82) is 0 Å². The highest BCUT2D eigenvalue weighted by Crippen LogP contribution is 2.27. The number of methoxy groups -OCH3 is 1. The van der Waals surface area contributed by atoms with Gasteiger partial charge in [0.25, 0.3) is 11.8 Å². The van der Waals surface area contributed by atoms with Gasteiger partial charge in [0.1, 0.15) is 11.4 Å². The molecule has 2 heterocycles. The number of likely N-dealkylation sites (tertiary alicyclic amines) is 1. The van der Waals surface area contributed by atoms with Crippen LogP contribution in [-0.4, -0.2) is 41.5 Å². The fourth-order valence-corrected chi connectivity index (χ4v) is 4.49. The molecule has 1 aliphatic rings. The Morgan fingerprint density at radius 1 is 0.912 bits per heavy atom. The van der Waals surface area contributed by atoms with Crippen molar-refractivity contribution in [2.24, 2.45) is 0 Å². The molecule has 4 aromatic rings. The molecule has 1 saturated heterocycles. The number of hydrogen-bond donors (Lipinski definition) is 1. The van der Waals surface area contributed by atoms with Gasteiger partial charge in [0.15, 0.2) is 0 Å². The van der Waals surface area contributed by atoms with E-state index in [1.54, 1.807) is 31.4 Å². The van der Waals surface area contributed by atoms with Crippen LogP contribution in [-0.2, 0) is 6.54 Å². The summed E-state index contributed by atoms with van der Waals surface area (Å²) in [5.74, 6) is 0.570. The summed E-state index contributed by atoms with van der Waals surface area (Å²) in [6.07, 6.45) is 2.10. The van der Waals surface area contributed by atoms with Gasteiger partial charge >= 0.3 is 0 Å². The Labute approximate surface area is 198 Å². The molecule has 1 fully saturated rings. The highest BCUT2D eigenvalue weighted by Gasteiger charge is 2.24. The van der Waals surface area contributed by atoms with Crippen LogP contribution >= 0.6 is 0 Å². The monoisotopic (exact) mass is 453 g/mol. The van der Waals surface area contributed by atoms with Gasteiger partial charge in [-0.15, -0.1) is 0 Å². The summed E-state index contributed by atoms with van der Waals surface area (Å²) in [5, 5.41) is 3.89. The third kappa shape index (κ3) is 4.39. The zero-order valence-electron chi connectivity index (χ0n) is 19.2. The molecule has 2 amide bonds. The Morgan fingerprint density at radius 3 is 2.35 bits per heavy atom. The summed E-state index contributed by atoms with van der Waals surface area (Å²) in [6.45, 7) is 2.21. The van der Waals surface area contributed by atoms with Gasteiger partial charge in [-0.05, 0) is 66.9 Å². The van der Waals surface area contributed by atoms with Crippen LogP contribution in [0.25, 0.3) is 10.9 Å². The average molecular weight is 454 g/mol. The summed E-state index contributed by atoms with van der Waals surface area (Å²) in [6, 6.07) is 24.9. The molecular formula is C28H27N3O3. The summed E-state index contributed by atoms with van der Waals surface area (Å²) in [5.41, 5.74) is 4.01. The van der Waals surface area contributed by atoms with Gasteiger partial charge in [-0.3, -0.25) is 9.59 Å². The standard InChI is InChI=1S/C28H27N3O3/c1-34-24-12-9-21(10-13-24)27(32)29-23-11-14-25-22(17-23)18-26(28(33)30-15-5-6-16-30)31(25)19-20-7-3-2-4-8-20/h2-4,7-14,17-18H,5-6,15-16,19H2,1H3,(H,29,32). The minimum Gasteiger partial charge on any atom is -0.497 e. The van der Waals surface area contributed by atoms with Gasteiger partial charge in [0.2, 0.25) is 0 Å². The van der Waals surface area contributed by atoms with Gasteiger partial charge in [-0.2, -0.15) is 0 Å². The molecule has 5 rings (SSSR count). The Morgan fingerprint density at radius 2 is 1.65 bits per heavy atom. The van der Waals surface area contributed by atoms with E-state index in [1.807, 2.05) is 47.4 Å². The number of nitrogens with zero attached hydrogens (tertiary/aromatic N) is 2. The summed E-state index contributed by atoms with van der Waals surface area (Å²) in [4.78, 5) is 28.0. The molecule has 1 aliphatic heterocycles. The molecule has 0 unspecified atom stereocenters. The summed E-state index contributed by atoms with van der Waals surface area (Å²) >= 11 is 0. The molecule has 0 bridgehead atoms. The minimum atomic E-state index is -0.195. The minimum absolute atomic E-state index is 0.0634. The predicted octanol–water partition coefficient (Wildman–Crippen LogP) is 5.19. The molecule has 34 heavy (non-hydrogen) atoms. The molecule has 3 aromatic carbocycles. The number of ether oxygens (including phenoxy) is 1. The van der Waals surface area contributed by atoms with Gasteiger partial charge in [-0.25, -0.2) is 0 Å². The van der Waals surface area contributed by atoms with Crippen molar-refractivity contribution in [3.8, 4) is 5.75 Å². The van der Waals surface area contributed by atoms with E-state index in [0.29, 0.717) is 29.2 Å². The maximum absolute atomic E-state index is 13.4. The molecule has 6 heteroatoms. The highest BCUT2D eigenvalue weighted by atomic mass is 16.5. The number of rotatable bonds is 6. The molecule has 0 atom stereocenters. The number of benzene rings is 3. The summed E-state index contributed by atoms with van der Waals surface area (Å²) in [7, 11) is 1.59. The van der Waals surface area contributed by atoms with Crippen molar-refractivity contribution in [2.75, 3.05) is 25.5 Å². The van der Waals surface area contributed by atoms with E-state index < -0.39 is 0 Å². The number of anilines is 1. The van der Waals surface area contributed by atoms with E-state index in [2.05, 4.69) is 22.0 Å². The molecule has 0 radical (unpaired) electrons. The molecule has 1 aromatic heterocycles. The fraction of sp³-hybridized carbons (Fsp3) is 0.214. The van der Waals surface area contributed by atoms with Crippen LogP contribution in [0.2, 0.25) is 0 Å². The number of aromatic nitrogens is 1. The quantitative estimate of drug-likeness (QED) is 0.437. The lowest BCUT2D eigenvalue weighted by Crippen LogP contribution is -2.29. The zero-order valence-corrected chi connectivity index (χ0v) is 19.2. The second kappa shape index (κ2) is 9.43. The lowest BCUT2D eigenvalue weighted by Gasteiger charge is -2.17. The molecule has 0 saturated carbocycles. The maximum atomic E-state index is 13.4. The smallest absolute Gasteiger partial charge is 0.270 e. The van der Waals surface area contributed by atoms with Crippen molar-refractivity contribution < 1.29 is 14.3 Å². The number of nitrogens with one attached hydrogen (secondary N) is 1. The number of fused-ring (bicyclic) bond motifs is 1. The Balaban J connectivity index is 1.47. The second-order valence-electron chi connectivity index (χ2n) is 8.56. The zero-order chi connectivity index (χ0) is 23.5. The van der Waals surface area contributed by atoms with Crippen LogP contribution in [0, 0.1) is 0 Å². The van der Waals surface area contributed by atoms with Crippen molar-refractivity contribution in [2.45, 2.75) is 19.4 Å². The van der Waals surface area contributed by atoms with Crippen LogP contribution in [0.5, 0.6) is 5.75 Å². The number of carbonyl (C=O) groups is 2. The fourth-order valence-electron chi connectivity index (χ4n) is 4.49. The Bertz CT molecular complexity index is 1320. The van der Waals surface area contributed by atoms with Gasteiger partial charge in [0.05, 0.1) is 7.11 Å². The van der Waals surface area contributed by atoms with E-state index in [1.165, 1.54) is 0 Å². The van der Waals surface area contributed by atoms with Crippen LogP contribution in [0.15, 0.2) is 78.9 Å². The van der Waals surface area contributed by atoms with Crippen LogP contribution in [0.3, 0.4) is 0 Å². The van der Waals surface area contributed by atoms with Crippen molar-refractivity contribution >= 4 is 28.4 Å². The van der Waals surface area contributed by atoms with Crippen LogP contribution in [0.1, 0.15) is 39.3 Å². The maximum Gasteiger partial charge on any atom is 0.270 e. The van der Waals surface area contributed by atoms with E-state index in [4.69, 9.17) is 4.74 Å². The SMILES string of the molecule is COc1ccc(C(=O)Nc2ccc3c(c2)cc(C(=O)N2CCCC2)n3Cc2ccccc2)cc1. The topological polar surface area (TPSA) is 63.6 Å². The molecule has 172 valence electrons. The lowest BCUT2D eigenvalue weighted by molar-refractivity contribution is 0.0783. The molecule has 1 N–H and O–H groups in total. The number of amides is 2. The van der Waals surface area contributed by atoms with Gasteiger partial charge in [-0.1, -0.05) is 30.3 Å². The van der Waals surface area contributed by atoms with E-state index in [-0.39, 0.29) is 11.8 Å². The van der Waals surface area contributed by atoms with Crippen LogP contribution < -0.4 is 10.1 Å². The molecule has 6 nitrogen and oxygen atoms in total. The van der Waals surface area contributed by atoms with Crippen molar-refractivity contribution in [1.82, 2.24) is 9.47 Å². The van der Waals surface area contributed by atoms with Crippen molar-refractivity contribution in [3.05, 3.63) is 95.7 Å². The molecule has 0 aliphatic carbocycles. The Kier molecular flexibility index (Phi) is 6.04. The lowest BCUT2D eigenvalue weighted by atomic mass is 10.2. The highest BCUT2D eigenvalue weighted by molar-refractivity contribution is 6.06. The molecule has 0 spiro atoms. The summed E-state index contributed by atoms with van der Waals surface area (Å²) < 4.78 is 7.25.